The van der Waals surface area contributed by atoms with Crippen LogP contribution in [0.2, 0.25) is 5.02 Å². The smallest absolute Gasteiger partial charge is 0.257 e. The Bertz CT molecular complexity index is 907. The average Bonchev–Trinajstić information content (AvgIpc) is 3.10. The molecular formula is C21H25ClF2N4. The molecule has 4 nitrogen and oxygen atoms in total. The number of nitrogens with one attached hydrogen (secondary N) is 3. The van der Waals surface area contributed by atoms with Crippen molar-refractivity contribution < 1.29 is 8.78 Å². The van der Waals surface area contributed by atoms with E-state index >= 15 is 0 Å². The fourth-order valence-corrected chi connectivity index (χ4v) is 4.09. The van der Waals surface area contributed by atoms with Crippen LogP contribution in [-0.2, 0) is 6.54 Å². The number of hydrogen-bond donors (Lipinski definition) is 3. The Labute approximate surface area is 168 Å². The largest absolute Gasteiger partial charge is 0.373 e. The van der Waals surface area contributed by atoms with E-state index in [0.29, 0.717) is 23.8 Å². The Balaban J connectivity index is 1.27. The van der Waals surface area contributed by atoms with Gasteiger partial charge in [0.15, 0.2) is 0 Å². The van der Waals surface area contributed by atoms with Gasteiger partial charge in [0, 0.05) is 52.9 Å². The lowest BCUT2D eigenvalue weighted by molar-refractivity contribution is 0.0963. The van der Waals surface area contributed by atoms with Gasteiger partial charge in [0.1, 0.15) is 0 Å². The summed E-state index contributed by atoms with van der Waals surface area (Å²) in [4.78, 5) is 5.35. The number of H-pyrrole nitrogens is 1. The van der Waals surface area contributed by atoms with Crippen molar-refractivity contribution in [2.45, 2.75) is 37.8 Å². The maximum absolute atomic E-state index is 13.3. The van der Waals surface area contributed by atoms with E-state index in [9.17, 15) is 8.78 Å². The quantitative estimate of drug-likeness (QED) is 0.629. The van der Waals surface area contributed by atoms with E-state index in [1.54, 1.807) is 0 Å². The zero-order valence-corrected chi connectivity index (χ0v) is 16.5. The minimum absolute atomic E-state index is 0.0651. The van der Waals surface area contributed by atoms with Gasteiger partial charge in [-0.05, 0) is 37.1 Å². The summed E-state index contributed by atoms with van der Waals surface area (Å²) < 4.78 is 26.7. The molecule has 2 atom stereocenters. The summed E-state index contributed by atoms with van der Waals surface area (Å²) in [5.74, 6) is -2.51. The molecule has 1 saturated heterocycles. The lowest BCUT2D eigenvalue weighted by atomic mass is 10.0. The summed E-state index contributed by atoms with van der Waals surface area (Å²) in [5.41, 5.74) is 2.65. The standard InChI is InChI=1S/C21H25ClF2N4/c1-13(19-10-21(19,23)24)28-7-3-4-17(12-28)26-14(2)25-11-18-9-15-8-16(22)5-6-20(15)27-18/h5-6,8-9,17,19,25-27H,1-4,7,10-12H2. The molecule has 1 saturated carbocycles. The molecule has 2 fully saturated rings. The van der Waals surface area contributed by atoms with Gasteiger partial charge >= 0.3 is 0 Å². The van der Waals surface area contributed by atoms with Gasteiger partial charge in [0.05, 0.1) is 18.3 Å². The number of nitrogens with zero attached hydrogens (tertiary/aromatic N) is 1. The minimum Gasteiger partial charge on any atom is -0.373 e. The highest BCUT2D eigenvalue weighted by molar-refractivity contribution is 6.31. The predicted molar refractivity (Wildman–Crippen MR) is 109 cm³/mol. The molecule has 1 aromatic heterocycles. The van der Waals surface area contributed by atoms with Crippen LogP contribution in [0, 0.1) is 5.92 Å². The number of piperidine rings is 1. The molecule has 0 amide bonds. The number of likely N-dealkylation sites (tertiary alicyclic amines) is 1. The molecule has 150 valence electrons. The van der Waals surface area contributed by atoms with E-state index < -0.39 is 11.8 Å². The Kier molecular flexibility index (Phi) is 5.00. The number of alkyl halides is 2. The lowest BCUT2D eigenvalue weighted by Gasteiger charge is -2.36. The highest BCUT2D eigenvalue weighted by Gasteiger charge is 2.59. The van der Waals surface area contributed by atoms with Crippen LogP contribution in [0.25, 0.3) is 10.9 Å². The second kappa shape index (κ2) is 7.32. The van der Waals surface area contributed by atoms with Gasteiger partial charge in [-0.2, -0.15) is 0 Å². The highest BCUT2D eigenvalue weighted by atomic mass is 35.5. The second-order valence-electron chi connectivity index (χ2n) is 7.80. The van der Waals surface area contributed by atoms with Crippen molar-refractivity contribution in [2.75, 3.05) is 13.1 Å². The molecule has 7 heteroatoms. The first-order chi connectivity index (χ1) is 13.3. The normalized spacial score (nSPS) is 23.5. The summed E-state index contributed by atoms with van der Waals surface area (Å²) in [7, 11) is 0. The fourth-order valence-electron chi connectivity index (χ4n) is 3.91. The summed E-state index contributed by atoms with van der Waals surface area (Å²) >= 11 is 6.03. The number of benzene rings is 1. The molecule has 0 spiro atoms. The molecule has 3 N–H and O–H groups in total. The highest BCUT2D eigenvalue weighted by Crippen LogP contribution is 2.53. The molecule has 2 unspecified atom stereocenters. The van der Waals surface area contributed by atoms with Crippen LogP contribution in [0.3, 0.4) is 0 Å². The summed E-state index contributed by atoms with van der Waals surface area (Å²) in [6, 6.07) is 7.97. The van der Waals surface area contributed by atoms with Crippen LogP contribution in [-0.4, -0.2) is 34.9 Å². The van der Waals surface area contributed by atoms with Crippen LogP contribution in [0.5, 0.6) is 0 Å². The first kappa shape index (κ1) is 19.1. The van der Waals surface area contributed by atoms with E-state index in [4.69, 9.17) is 11.6 Å². The first-order valence-electron chi connectivity index (χ1n) is 9.60. The predicted octanol–water partition coefficient (Wildman–Crippen LogP) is 4.61. The maximum atomic E-state index is 13.3. The van der Waals surface area contributed by atoms with Crippen molar-refractivity contribution >= 4 is 22.5 Å². The zero-order valence-electron chi connectivity index (χ0n) is 15.7. The Hall–Kier alpha value is -2.21. The van der Waals surface area contributed by atoms with E-state index in [2.05, 4.69) is 34.8 Å². The zero-order chi connectivity index (χ0) is 19.9. The Morgan fingerprint density at radius 2 is 2.11 bits per heavy atom. The van der Waals surface area contributed by atoms with Gasteiger partial charge < -0.3 is 20.5 Å². The summed E-state index contributed by atoms with van der Waals surface area (Å²) in [6.07, 6.45) is 1.87. The van der Waals surface area contributed by atoms with Crippen LogP contribution in [0.4, 0.5) is 8.78 Å². The molecule has 1 aliphatic carbocycles. The molecule has 1 aliphatic heterocycles. The van der Waals surface area contributed by atoms with Gasteiger partial charge in [-0.1, -0.05) is 24.8 Å². The third-order valence-electron chi connectivity index (χ3n) is 5.56. The Morgan fingerprint density at radius 1 is 1.32 bits per heavy atom. The van der Waals surface area contributed by atoms with Crippen molar-refractivity contribution in [2.24, 2.45) is 5.92 Å². The number of rotatable bonds is 7. The molecule has 1 aromatic carbocycles. The van der Waals surface area contributed by atoms with Crippen molar-refractivity contribution in [3.05, 3.63) is 59.7 Å². The monoisotopic (exact) mass is 406 g/mol. The van der Waals surface area contributed by atoms with E-state index in [-0.39, 0.29) is 12.5 Å². The number of aromatic nitrogens is 1. The van der Waals surface area contributed by atoms with Crippen LogP contribution in [0.1, 0.15) is 25.0 Å². The van der Waals surface area contributed by atoms with E-state index in [1.807, 2.05) is 23.1 Å². The molecule has 2 aliphatic rings. The van der Waals surface area contributed by atoms with Crippen molar-refractivity contribution in [3.8, 4) is 0 Å². The molecule has 2 heterocycles. The van der Waals surface area contributed by atoms with Crippen LogP contribution >= 0.6 is 11.6 Å². The SMILES string of the molecule is C=C(NCc1cc2cc(Cl)ccc2[nH]1)NC1CCCN(C(=C)C2CC2(F)F)C1. The minimum atomic E-state index is -2.56. The molecule has 4 rings (SSSR count). The summed E-state index contributed by atoms with van der Waals surface area (Å²) in [6.45, 7) is 10.1. The van der Waals surface area contributed by atoms with Crippen molar-refractivity contribution in [1.29, 1.82) is 0 Å². The number of aromatic amines is 1. The topological polar surface area (TPSA) is 43.1 Å². The van der Waals surface area contributed by atoms with Crippen LogP contribution in [0.15, 0.2) is 48.9 Å². The van der Waals surface area contributed by atoms with Crippen molar-refractivity contribution in [1.82, 2.24) is 20.5 Å². The molecular weight excluding hydrogens is 382 g/mol. The Morgan fingerprint density at radius 3 is 2.86 bits per heavy atom. The molecule has 0 radical (unpaired) electrons. The van der Waals surface area contributed by atoms with Gasteiger partial charge in [-0.3, -0.25) is 0 Å². The van der Waals surface area contributed by atoms with Gasteiger partial charge in [-0.25, -0.2) is 8.78 Å². The summed E-state index contributed by atoms with van der Waals surface area (Å²) in [5, 5.41) is 8.45. The first-order valence-corrected chi connectivity index (χ1v) is 9.97. The molecule has 28 heavy (non-hydrogen) atoms. The van der Waals surface area contributed by atoms with Crippen molar-refractivity contribution in [3.63, 3.8) is 0 Å². The fraction of sp³-hybridized carbons (Fsp3) is 0.429. The van der Waals surface area contributed by atoms with Gasteiger partial charge in [-0.15, -0.1) is 0 Å². The number of allylic oxidation sites excluding steroid dienone is 1. The van der Waals surface area contributed by atoms with Gasteiger partial charge in [0.2, 0.25) is 0 Å². The van der Waals surface area contributed by atoms with E-state index in [1.165, 1.54) is 0 Å². The average molecular weight is 407 g/mol. The van der Waals surface area contributed by atoms with Gasteiger partial charge in [0.25, 0.3) is 5.92 Å². The third kappa shape index (κ3) is 4.12. The number of halogens is 3. The number of fused-ring (bicyclic) bond motifs is 1. The van der Waals surface area contributed by atoms with Crippen LogP contribution < -0.4 is 10.6 Å². The number of hydrogen-bond acceptors (Lipinski definition) is 3. The molecule has 0 bridgehead atoms. The van der Waals surface area contributed by atoms with E-state index in [0.717, 1.165) is 41.8 Å². The second-order valence-corrected chi connectivity index (χ2v) is 8.23. The maximum Gasteiger partial charge on any atom is 0.257 e. The molecule has 2 aromatic rings. The third-order valence-corrected chi connectivity index (χ3v) is 5.80. The lowest BCUT2D eigenvalue weighted by Crippen LogP contribution is -2.46.